The summed E-state index contributed by atoms with van der Waals surface area (Å²) in [7, 11) is -3.26. The van der Waals surface area contributed by atoms with Gasteiger partial charge in [0.1, 0.15) is 36.3 Å². The number of hydrogen-bond donors (Lipinski definition) is 5. The van der Waals surface area contributed by atoms with Crippen LogP contribution in [0.15, 0.2) is 42.5 Å². The summed E-state index contributed by atoms with van der Waals surface area (Å²) in [5.74, 6) is 0.676. The highest BCUT2D eigenvalue weighted by molar-refractivity contribution is 7.90. The van der Waals surface area contributed by atoms with Crippen LogP contribution in [-0.4, -0.2) is 78.3 Å². The molecule has 216 valence electrons. The van der Waals surface area contributed by atoms with Gasteiger partial charge in [-0.05, 0) is 60.6 Å². The number of halogens is 1. The molecule has 2 aliphatic rings. The highest BCUT2D eigenvalue weighted by Crippen LogP contribution is 2.34. The minimum absolute atomic E-state index is 0.272. The van der Waals surface area contributed by atoms with Crippen LogP contribution >= 0.6 is 11.6 Å². The van der Waals surface area contributed by atoms with E-state index >= 15 is 0 Å². The number of ether oxygens (including phenoxy) is 2. The Labute approximate surface area is 234 Å². The van der Waals surface area contributed by atoms with Crippen molar-refractivity contribution in [3.63, 3.8) is 0 Å². The number of benzene rings is 2. The molecule has 1 aliphatic heterocycles. The molecule has 0 aromatic heterocycles. The lowest BCUT2D eigenvalue weighted by Gasteiger charge is -2.40. The normalized spacial score (nSPS) is 26.4. The van der Waals surface area contributed by atoms with E-state index in [-0.39, 0.29) is 5.25 Å². The van der Waals surface area contributed by atoms with E-state index in [1.54, 1.807) is 18.2 Å². The van der Waals surface area contributed by atoms with E-state index in [9.17, 15) is 28.8 Å². The fraction of sp³-hybridized carbons (Fsp3) is 0.571. The molecule has 5 N–H and O–H groups in total. The van der Waals surface area contributed by atoms with E-state index in [2.05, 4.69) is 4.72 Å². The molecular weight excluding hydrogens is 546 g/mol. The van der Waals surface area contributed by atoms with Gasteiger partial charge in [-0.3, -0.25) is 0 Å². The Bertz CT molecular complexity index is 1170. The van der Waals surface area contributed by atoms with Crippen molar-refractivity contribution in [1.82, 2.24) is 4.72 Å². The minimum atomic E-state index is -3.26. The molecule has 1 saturated heterocycles. The van der Waals surface area contributed by atoms with Crippen LogP contribution in [0.25, 0.3) is 0 Å². The van der Waals surface area contributed by atoms with Gasteiger partial charge in [0.15, 0.2) is 0 Å². The molecule has 1 heterocycles. The maximum atomic E-state index is 12.4. The van der Waals surface area contributed by atoms with Crippen molar-refractivity contribution in [3.8, 4) is 5.75 Å². The van der Waals surface area contributed by atoms with Gasteiger partial charge in [-0.2, -0.15) is 0 Å². The van der Waals surface area contributed by atoms with Crippen molar-refractivity contribution in [1.29, 1.82) is 0 Å². The number of hydrogen-bond acceptors (Lipinski definition) is 8. The molecule has 5 atom stereocenters. The van der Waals surface area contributed by atoms with Gasteiger partial charge in [-0.15, -0.1) is 0 Å². The molecular formula is C28H38ClNO8S. The van der Waals surface area contributed by atoms with E-state index in [0.717, 1.165) is 43.2 Å². The highest BCUT2D eigenvalue weighted by Gasteiger charge is 2.44. The number of rotatable bonds is 11. The van der Waals surface area contributed by atoms with E-state index in [1.165, 1.54) is 0 Å². The first-order chi connectivity index (χ1) is 18.7. The van der Waals surface area contributed by atoms with Gasteiger partial charge in [0.2, 0.25) is 10.0 Å². The van der Waals surface area contributed by atoms with Crippen LogP contribution in [0, 0.1) is 0 Å². The number of nitrogens with one attached hydrogen (secondary N) is 1. The molecule has 1 saturated carbocycles. The summed E-state index contributed by atoms with van der Waals surface area (Å²) >= 11 is 6.43. The molecule has 0 amide bonds. The molecule has 2 aromatic rings. The largest absolute Gasteiger partial charge is 0.494 e. The Morgan fingerprint density at radius 3 is 2.38 bits per heavy atom. The number of aliphatic hydroxyl groups is 4. The van der Waals surface area contributed by atoms with Crippen LogP contribution in [-0.2, 0) is 21.2 Å². The maximum absolute atomic E-state index is 12.4. The average molecular weight is 584 g/mol. The molecule has 39 heavy (non-hydrogen) atoms. The summed E-state index contributed by atoms with van der Waals surface area (Å²) in [6, 6.07) is 12.7. The minimum Gasteiger partial charge on any atom is -0.494 e. The van der Waals surface area contributed by atoms with Crippen molar-refractivity contribution < 1.29 is 38.3 Å². The Morgan fingerprint density at radius 2 is 1.69 bits per heavy atom. The molecule has 11 heteroatoms. The monoisotopic (exact) mass is 583 g/mol. The summed E-state index contributed by atoms with van der Waals surface area (Å²) in [4.78, 5) is 0. The van der Waals surface area contributed by atoms with E-state index in [4.69, 9.17) is 21.1 Å². The van der Waals surface area contributed by atoms with Crippen molar-refractivity contribution >= 4 is 21.6 Å². The lowest BCUT2D eigenvalue weighted by molar-refractivity contribution is -0.231. The van der Waals surface area contributed by atoms with Gasteiger partial charge >= 0.3 is 0 Å². The second-order valence-corrected chi connectivity index (χ2v) is 12.8. The second-order valence-electron chi connectivity index (χ2n) is 10.3. The van der Waals surface area contributed by atoms with Gasteiger partial charge in [-0.25, -0.2) is 13.1 Å². The molecule has 4 rings (SSSR count). The first-order valence-electron chi connectivity index (χ1n) is 13.5. The molecule has 2 unspecified atom stereocenters. The van der Waals surface area contributed by atoms with Crippen molar-refractivity contribution in [2.45, 2.75) is 80.7 Å². The maximum Gasteiger partial charge on any atom is 0.214 e. The van der Waals surface area contributed by atoms with Crippen LogP contribution in [0.5, 0.6) is 5.75 Å². The van der Waals surface area contributed by atoms with E-state index in [1.807, 2.05) is 24.3 Å². The molecule has 0 spiro atoms. The molecule has 0 bridgehead atoms. The Balaban J connectivity index is 1.29. The number of aliphatic hydroxyl groups excluding tert-OH is 4. The third-order valence-corrected chi connectivity index (χ3v) is 9.82. The van der Waals surface area contributed by atoms with Crippen molar-refractivity contribution in [2.75, 3.05) is 19.8 Å². The van der Waals surface area contributed by atoms with Crippen LogP contribution in [0.2, 0.25) is 5.02 Å². The summed E-state index contributed by atoms with van der Waals surface area (Å²) < 4.78 is 39.0. The lowest BCUT2D eigenvalue weighted by atomic mass is 9.90. The summed E-state index contributed by atoms with van der Waals surface area (Å²) in [6.45, 7) is 0.242. The van der Waals surface area contributed by atoms with Crippen LogP contribution in [0.4, 0.5) is 0 Å². The second kappa shape index (κ2) is 13.7. The fourth-order valence-corrected chi connectivity index (χ4v) is 6.98. The first-order valence-corrected chi connectivity index (χ1v) is 15.4. The average Bonchev–Trinajstić information content (AvgIpc) is 2.94. The third kappa shape index (κ3) is 7.71. The third-order valence-electron chi connectivity index (χ3n) is 7.49. The van der Waals surface area contributed by atoms with E-state index in [0.29, 0.717) is 42.3 Å². The van der Waals surface area contributed by atoms with Gasteiger partial charge in [0.25, 0.3) is 0 Å². The van der Waals surface area contributed by atoms with Crippen molar-refractivity contribution in [3.05, 3.63) is 64.2 Å². The smallest absolute Gasteiger partial charge is 0.214 e. The summed E-state index contributed by atoms with van der Waals surface area (Å²) in [6.07, 6.45) is -0.567. The molecule has 0 radical (unpaired) electrons. The van der Waals surface area contributed by atoms with Crippen LogP contribution < -0.4 is 9.46 Å². The lowest BCUT2D eigenvalue weighted by Crippen LogP contribution is -2.55. The molecule has 9 nitrogen and oxygen atoms in total. The van der Waals surface area contributed by atoms with E-state index < -0.39 is 47.2 Å². The Kier molecular flexibility index (Phi) is 10.6. The quantitative estimate of drug-likeness (QED) is 0.254. The Morgan fingerprint density at radius 1 is 0.974 bits per heavy atom. The zero-order valence-corrected chi connectivity index (χ0v) is 23.4. The zero-order chi connectivity index (χ0) is 28.0. The molecule has 1 aliphatic carbocycles. The zero-order valence-electron chi connectivity index (χ0n) is 21.8. The first kappa shape index (κ1) is 30.2. The molecule has 2 aromatic carbocycles. The molecule has 2 fully saturated rings. The topological polar surface area (TPSA) is 146 Å². The number of sulfonamides is 1. The van der Waals surface area contributed by atoms with Crippen molar-refractivity contribution in [2.24, 2.45) is 0 Å². The summed E-state index contributed by atoms with van der Waals surface area (Å²) in [5, 5.41) is 40.4. The Hall–Kier alpha value is -1.76. The SMILES string of the molecule is O=S(=O)(NCCCOc1ccc(Cc2cc(C3O[C@H](CO)[C@@H](O)[C@H](O)C3O)ccc2Cl)cc1)C1CCCCC1. The summed E-state index contributed by atoms with van der Waals surface area (Å²) in [5.41, 5.74) is 2.32. The highest BCUT2D eigenvalue weighted by atomic mass is 35.5. The predicted octanol–water partition coefficient (Wildman–Crippen LogP) is 2.47. The van der Waals surface area contributed by atoms with Gasteiger partial charge in [0, 0.05) is 11.6 Å². The van der Waals surface area contributed by atoms with Gasteiger partial charge < -0.3 is 29.9 Å². The fourth-order valence-electron chi connectivity index (χ4n) is 5.18. The standard InChI is InChI=1S/C28H38ClNO8S/c29-23-12-9-19(28-27(34)26(33)25(32)24(17-31)38-28)16-20(23)15-18-7-10-21(11-8-18)37-14-4-13-30-39(35,36)22-5-2-1-3-6-22/h7-12,16,22,24-28,30-34H,1-6,13-15,17H2/t24-,25-,26+,27?,28?/m1/s1. The predicted molar refractivity (Wildman–Crippen MR) is 147 cm³/mol. The van der Waals surface area contributed by atoms with Crippen LogP contribution in [0.1, 0.15) is 61.3 Å². The van der Waals surface area contributed by atoms with Gasteiger partial charge in [-0.1, -0.05) is 55.1 Å². The van der Waals surface area contributed by atoms with Crippen LogP contribution in [0.3, 0.4) is 0 Å². The van der Waals surface area contributed by atoms with Gasteiger partial charge in [0.05, 0.1) is 18.5 Å².